The quantitative estimate of drug-likeness (QED) is 0.795. The zero-order valence-corrected chi connectivity index (χ0v) is 14.5. The van der Waals surface area contributed by atoms with Crippen molar-refractivity contribution in [3.05, 3.63) is 27.7 Å². The highest BCUT2D eigenvalue weighted by Gasteiger charge is 2.35. The van der Waals surface area contributed by atoms with E-state index in [0.717, 1.165) is 4.31 Å². The van der Waals surface area contributed by atoms with Gasteiger partial charge < -0.3 is 0 Å². The summed E-state index contributed by atoms with van der Waals surface area (Å²) >= 11 is 11.9. The van der Waals surface area contributed by atoms with Crippen LogP contribution in [0.1, 0.15) is 5.56 Å². The smallest absolute Gasteiger partial charge is 0.292 e. The first-order chi connectivity index (χ1) is 10.5. The lowest BCUT2D eigenvalue weighted by Gasteiger charge is -2.34. The van der Waals surface area contributed by atoms with Crippen LogP contribution in [0.4, 0.5) is 13.2 Å². The fraction of sp³-hybridized carbons (Fsp3) is 0.538. The van der Waals surface area contributed by atoms with Gasteiger partial charge in [0.25, 0.3) is 0 Å². The Morgan fingerprint density at radius 2 is 1.65 bits per heavy atom. The number of benzene rings is 1. The summed E-state index contributed by atoms with van der Waals surface area (Å²) in [5.41, 5.74) is 0.561. The number of alkyl halides is 3. The minimum absolute atomic E-state index is 0.00155. The molecular weight excluding hydrogens is 376 g/mol. The van der Waals surface area contributed by atoms with Gasteiger partial charge in [-0.3, -0.25) is 4.90 Å². The van der Waals surface area contributed by atoms with Gasteiger partial charge in [0, 0.05) is 31.2 Å². The normalized spacial score (nSPS) is 18.3. The summed E-state index contributed by atoms with van der Waals surface area (Å²) < 4.78 is 63.5. The van der Waals surface area contributed by atoms with Crippen LogP contribution in [0.25, 0.3) is 0 Å². The van der Waals surface area contributed by atoms with Gasteiger partial charge in [-0.15, -0.1) is 0 Å². The third-order valence-electron chi connectivity index (χ3n) is 3.57. The van der Waals surface area contributed by atoms with Crippen molar-refractivity contribution < 1.29 is 21.6 Å². The molecule has 1 aliphatic rings. The Morgan fingerprint density at radius 1 is 1.09 bits per heavy atom. The molecule has 0 aliphatic carbocycles. The zero-order chi connectivity index (χ0) is 17.4. The molecule has 1 aromatic carbocycles. The molecule has 0 amide bonds. The molecule has 1 fully saturated rings. The van der Waals surface area contributed by atoms with Crippen molar-refractivity contribution in [2.75, 3.05) is 32.7 Å². The summed E-state index contributed by atoms with van der Waals surface area (Å²) in [7, 11) is -3.86. The molecule has 0 bridgehead atoms. The van der Waals surface area contributed by atoms with E-state index in [9.17, 15) is 21.6 Å². The molecule has 1 heterocycles. The molecule has 1 aromatic rings. The second-order valence-corrected chi connectivity index (χ2v) is 8.05. The number of nitrogens with zero attached hydrogens (tertiary/aromatic N) is 2. The fourth-order valence-corrected chi connectivity index (χ4v) is 4.58. The molecule has 0 radical (unpaired) electrons. The Hall–Kier alpha value is -0.540. The van der Waals surface area contributed by atoms with Gasteiger partial charge in [-0.1, -0.05) is 23.2 Å². The fourth-order valence-electron chi connectivity index (χ4n) is 2.35. The second kappa shape index (κ2) is 6.76. The number of rotatable bonds is 3. The highest BCUT2D eigenvalue weighted by molar-refractivity contribution is 7.89. The maximum absolute atomic E-state index is 12.6. The van der Waals surface area contributed by atoms with Gasteiger partial charge in [0.05, 0.1) is 11.6 Å². The van der Waals surface area contributed by atoms with E-state index in [1.54, 1.807) is 6.92 Å². The van der Waals surface area contributed by atoms with Crippen molar-refractivity contribution in [2.45, 2.75) is 18.0 Å². The highest BCUT2D eigenvalue weighted by Crippen LogP contribution is 2.30. The van der Waals surface area contributed by atoms with E-state index < -0.39 is 22.7 Å². The van der Waals surface area contributed by atoms with Gasteiger partial charge in [0.15, 0.2) is 0 Å². The minimum Gasteiger partial charge on any atom is -0.292 e. The van der Waals surface area contributed by atoms with E-state index in [2.05, 4.69) is 0 Å². The molecule has 0 spiro atoms. The molecular formula is C13H15Cl2F3N2O2S. The third kappa shape index (κ3) is 4.51. The molecule has 1 aliphatic heterocycles. The van der Waals surface area contributed by atoms with Gasteiger partial charge in [0.1, 0.15) is 4.90 Å². The van der Waals surface area contributed by atoms with Crippen LogP contribution in [-0.2, 0) is 10.0 Å². The zero-order valence-electron chi connectivity index (χ0n) is 12.2. The van der Waals surface area contributed by atoms with Crippen molar-refractivity contribution in [1.82, 2.24) is 9.21 Å². The number of sulfonamides is 1. The first-order valence-corrected chi connectivity index (χ1v) is 8.95. The van der Waals surface area contributed by atoms with Gasteiger partial charge in [0.2, 0.25) is 10.0 Å². The molecule has 2 rings (SSSR count). The molecule has 23 heavy (non-hydrogen) atoms. The summed E-state index contributed by atoms with van der Waals surface area (Å²) in [6.45, 7) is 0.610. The topological polar surface area (TPSA) is 40.6 Å². The molecule has 0 aromatic heterocycles. The summed E-state index contributed by atoms with van der Waals surface area (Å²) in [5.74, 6) is 0. The predicted molar refractivity (Wildman–Crippen MR) is 82.5 cm³/mol. The lowest BCUT2D eigenvalue weighted by Crippen LogP contribution is -2.50. The van der Waals surface area contributed by atoms with Crippen molar-refractivity contribution in [2.24, 2.45) is 0 Å². The van der Waals surface area contributed by atoms with E-state index in [4.69, 9.17) is 23.2 Å². The van der Waals surface area contributed by atoms with E-state index in [-0.39, 0.29) is 36.1 Å². The Bertz CT molecular complexity index is 687. The summed E-state index contributed by atoms with van der Waals surface area (Å²) in [6.07, 6.45) is -4.29. The first-order valence-electron chi connectivity index (χ1n) is 6.75. The lowest BCUT2D eigenvalue weighted by molar-refractivity contribution is -0.148. The van der Waals surface area contributed by atoms with Crippen LogP contribution in [0.3, 0.4) is 0 Å². The van der Waals surface area contributed by atoms with Crippen molar-refractivity contribution in [1.29, 1.82) is 0 Å². The van der Waals surface area contributed by atoms with E-state index in [1.165, 1.54) is 17.0 Å². The van der Waals surface area contributed by atoms with Gasteiger partial charge in [-0.25, -0.2) is 8.42 Å². The molecule has 0 N–H and O–H groups in total. The van der Waals surface area contributed by atoms with Crippen LogP contribution >= 0.6 is 23.2 Å². The molecule has 1 saturated heterocycles. The Labute approximate surface area is 142 Å². The largest absolute Gasteiger partial charge is 0.401 e. The number of halogens is 5. The minimum atomic E-state index is -4.29. The van der Waals surface area contributed by atoms with Crippen molar-refractivity contribution >= 4 is 33.2 Å². The summed E-state index contributed by atoms with van der Waals surface area (Å²) in [6, 6.07) is 2.73. The summed E-state index contributed by atoms with van der Waals surface area (Å²) in [5, 5.41) is 0.349. The Balaban J connectivity index is 2.15. The third-order valence-corrected chi connectivity index (χ3v) is 6.34. The maximum Gasteiger partial charge on any atom is 0.401 e. The average molecular weight is 391 g/mol. The highest BCUT2D eigenvalue weighted by atomic mass is 35.5. The maximum atomic E-state index is 12.6. The lowest BCUT2D eigenvalue weighted by atomic mass is 10.2. The van der Waals surface area contributed by atoms with Gasteiger partial charge >= 0.3 is 6.18 Å². The number of aryl methyl sites for hydroxylation is 1. The predicted octanol–water partition coefficient (Wildman–Crippen LogP) is 3.17. The van der Waals surface area contributed by atoms with Gasteiger partial charge in [-0.2, -0.15) is 17.5 Å². The molecule has 4 nitrogen and oxygen atoms in total. The Morgan fingerprint density at radius 3 is 2.17 bits per heavy atom. The number of hydrogen-bond donors (Lipinski definition) is 0. The van der Waals surface area contributed by atoms with E-state index in [1.807, 2.05) is 0 Å². The molecule has 0 atom stereocenters. The molecule has 0 saturated carbocycles. The molecule has 10 heteroatoms. The SMILES string of the molecule is Cc1cc(S(=O)(=O)N2CCN(CC(F)(F)F)CC2)c(Cl)cc1Cl. The standard InChI is InChI=1S/C13H15Cl2F3N2O2S/c1-9-6-12(11(15)7-10(9)14)23(21,22)20-4-2-19(3-5-20)8-13(16,17)18/h6-7H,2-5,8H2,1H3. The van der Waals surface area contributed by atoms with Crippen LogP contribution in [0.5, 0.6) is 0 Å². The van der Waals surface area contributed by atoms with Crippen molar-refractivity contribution in [3.8, 4) is 0 Å². The number of piperazine rings is 1. The van der Waals surface area contributed by atoms with E-state index in [0.29, 0.717) is 10.6 Å². The second-order valence-electron chi connectivity index (χ2n) is 5.33. The van der Waals surface area contributed by atoms with Crippen LogP contribution in [0.2, 0.25) is 10.0 Å². The molecule has 0 unspecified atom stereocenters. The Kier molecular flexibility index (Phi) is 5.52. The van der Waals surface area contributed by atoms with Crippen LogP contribution in [0.15, 0.2) is 17.0 Å². The monoisotopic (exact) mass is 390 g/mol. The van der Waals surface area contributed by atoms with Crippen LogP contribution in [0, 0.1) is 6.92 Å². The first kappa shape index (κ1) is 18.8. The van der Waals surface area contributed by atoms with E-state index >= 15 is 0 Å². The summed E-state index contributed by atoms with van der Waals surface area (Å²) in [4.78, 5) is 1.10. The van der Waals surface area contributed by atoms with Crippen LogP contribution in [-0.4, -0.2) is 56.5 Å². The van der Waals surface area contributed by atoms with Crippen molar-refractivity contribution in [3.63, 3.8) is 0 Å². The van der Waals surface area contributed by atoms with Crippen LogP contribution < -0.4 is 0 Å². The van der Waals surface area contributed by atoms with Gasteiger partial charge in [-0.05, 0) is 24.6 Å². The molecule has 130 valence electrons. The average Bonchev–Trinajstić information content (AvgIpc) is 2.41. The number of hydrogen-bond acceptors (Lipinski definition) is 3.